The minimum Gasteiger partial charge on any atom is -0.494 e. The van der Waals surface area contributed by atoms with Gasteiger partial charge in [0.25, 0.3) is 5.91 Å². The molecule has 4 aliphatic rings. The fourth-order valence-electron chi connectivity index (χ4n) is 8.74. The number of carbonyl (C=O) groups excluding carboxylic acids is 2. The maximum Gasteiger partial charge on any atom is 0.254 e. The van der Waals surface area contributed by atoms with Gasteiger partial charge in [0.1, 0.15) is 11.3 Å². The van der Waals surface area contributed by atoms with Crippen molar-refractivity contribution in [1.82, 2.24) is 29.2 Å². The number of piperidine rings is 2. The molecule has 8 rings (SSSR count). The zero-order chi connectivity index (χ0) is 32.4. The summed E-state index contributed by atoms with van der Waals surface area (Å²) in [6, 6.07) is 13.0. The van der Waals surface area contributed by atoms with E-state index in [4.69, 9.17) is 15.5 Å². The number of imidazole rings is 1. The molecule has 2 saturated carbocycles. The van der Waals surface area contributed by atoms with Gasteiger partial charge in [-0.3, -0.25) is 14.5 Å². The van der Waals surface area contributed by atoms with E-state index in [1.807, 2.05) is 24.0 Å². The van der Waals surface area contributed by atoms with Crippen molar-refractivity contribution in [3.63, 3.8) is 0 Å². The molecule has 4 aromatic rings. The van der Waals surface area contributed by atoms with E-state index >= 15 is 0 Å². The number of ether oxygens (including phenoxy) is 1. The molecule has 2 saturated heterocycles. The molecule has 3 atom stereocenters. The average molecular weight is 638 g/mol. The van der Waals surface area contributed by atoms with E-state index in [-0.39, 0.29) is 23.9 Å². The van der Waals surface area contributed by atoms with Crippen molar-refractivity contribution in [2.45, 2.75) is 70.0 Å². The van der Waals surface area contributed by atoms with Gasteiger partial charge in [-0.1, -0.05) is 18.2 Å². The summed E-state index contributed by atoms with van der Waals surface area (Å²) in [5.74, 6) is 3.17. The van der Waals surface area contributed by atoms with Crippen LogP contribution < -0.4 is 15.8 Å². The Bertz CT molecular complexity index is 1850. The van der Waals surface area contributed by atoms with Gasteiger partial charge in [-0.15, -0.1) is 0 Å². The second-order valence-electron chi connectivity index (χ2n) is 14.4. The first kappa shape index (κ1) is 30.4. The molecule has 3 N–H and O–H groups in total. The number of nitrogens with one attached hydrogen (secondary N) is 1. The molecule has 4 heterocycles. The molecular weight excluding hydrogens is 590 g/mol. The highest BCUT2D eigenvalue weighted by molar-refractivity contribution is 6.00. The van der Waals surface area contributed by atoms with Crippen LogP contribution in [-0.2, 0) is 18.4 Å². The van der Waals surface area contributed by atoms with Crippen LogP contribution in [0.2, 0.25) is 0 Å². The van der Waals surface area contributed by atoms with Crippen LogP contribution in [-0.4, -0.2) is 87.6 Å². The molecular formula is C37H47N7O3. The predicted octanol–water partition coefficient (Wildman–Crippen LogP) is 4.49. The summed E-state index contributed by atoms with van der Waals surface area (Å²) >= 11 is 0. The molecule has 0 radical (unpaired) electrons. The SMILES string of the molecule is CCNC(=O)CN1CCC(c2cccc3cc(-c4nc5cc(C(=O)N6C[C@H]7CC[C@@H]6[C@@H]7N)cc(OC)c5n4C)n(CC4CC4)c23)CC1. The van der Waals surface area contributed by atoms with Gasteiger partial charge < -0.3 is 29.8 Å². The number of hydrogen-bond donors (Lipinski definition) is 2. The first-order valence-electron chi connectivity index (χ1n) is 17.6. The predicted molar refractivity (Wildman–Crippen MR) is 184 cm³/mol. The van der Waals surface area contributed by atoms with E-state index in [1.165, 1.54) is 29.3 Å². The van der Waals surface area contributed by atoms with Crippen LogP contribution in [0.3, 0.4) is 0 Å². The van der Waals surface area contributed by atoms with E-state index in [9.17, 15) is 9.59 Å². The number of carbonyl (C=O) groups is 2. The summed E-state index contributed by atoms with van der Waals surface area (Å²) in [5, 5.41) is 4.17. The lowest BCUT2D eigenvalue weighted by Crippen LogP contribution is -2.41. The van der Waals surface area contributed by atoms with Crippen molar-refractivity contribution in [1.29, 1.82) is 0 Å². The standard InChI is InChI=1S/C37H47N7O3/c1-4-39-32(45)21-42-14-12-23(13-15-42)27-7-5-6-24-17-30(43(34(24)27)19-22-8-9-22)36-40-28-16-26(18-31(47-3)35(28)41(36)2)37(46)44-20-25-10-11-29(44)33(25)38/h5-7,16-18,22-23,25,29,33H,4,8-15,19-21,38H2,1-3H3,(H,39,45)/t25-,29-,33-/m1/s1. The van der Waals surface area contributed by atoms with Gasteiger partial charge in [-0.2, -0.15) is 0 Å². The van der Waals surface area contributed by atoms with Gasteiger partial charge in [0.2, 0.25) is 5.91 Å². The molecule has 4 fully saturated rings. The Morgan fingerprint density at radius 1 is 1.04 bits per heavy atom. The number of hydrogen-bond acceptors (Lipinski definition) is 6. The quantitative estimate of drug-likeness (QED) is 0.280. The number of aryl methyl sites for hydroxylation is 1. The maximum absolute atomic E-state index is 13.8. The number of likely N-dealkylation sites (tertiary alicyclic amines) is 2. The van der Waals surface area contributed by atoms with Crippen molar-refractivity contribution >= 4 is 33.8 Å². The molecule has 2 aromatic heterocycles. The smallest absolute Gasteiger partial charge is 0.254 e. The Balaban J connectivity index is 1.16. The normalized spacial score (nSPS) is 23.3. The zero-order valence-corrected chi connectivity index (χ0v) is 27.9. The van der Waals surface area contributed by atoms with Gasteiger partial charge in [0.15, 0.2) is 5.82 Å². The largest absolute Gasteiger partial charge is 0.494 e. The topological polar surface area (TPSA) is 111 Å². The molecule has 47 heavy (non-hydrogen) atoms. The van der Waals surface area contributed by atoms with Gasteiger partial charge >= 0.3 is 0 Å². The van der Waals surface area contributed by atoms with Crippen LogP contribution in [0.15, 0.2) is 36.4 Å². The molecule has 2 amide bonds. The van der Waals surface area contributed by atoms with E-state index < -0.39 is 0 Å². The van der Waals surface area contributed by atoms with Gasteiger partial charge in [-0.25, -0.2) is 4.98 Å². The minimum absolute atomic E-state index is 0.0181. The number of aromatic nitrogens is 3. The number of methoxy groups -OCH3 is 1. The summed E-state index contributed by atoms with van der Waals surface area (Å²) in [6.07, 6.45) is 6.66. The molecule has 0 spiro atoms. The highest BCUT2D eigenvalue weighted by atomic mass is 16.5. The van der Waals surface area contributed by atoms with E-state index in [1.54, 1.807) is 7.11 Å². The Labute approximate surface area is 276 Å². The van der Waals surface area contributed by atoms with Crippen LogP contribution in [0.5, 0.6) is 5.75 Å². The van der Waals surface area contributed by atoms with E-state index in [2.05, 4.69) is 50.7 Å². The van der Waals surface area contributed by atoms with Crippen LogP contribution >= 0.6 is 0 Å². The maximum atomic E-state index is 13.8. The molecule has 0 unspecified atom stereocenters. The number of nitrogens with zero attached hydrogens (tertiary/aromatic N) is 5. The van der Waals surface area contributed by atoms with Crippen molar-refractivity contribution in [2.24, 2.45) is 24.6 Å². The zero-order valence-electron chi connectivity index (χ0n) is 27.9. The molecule has 2 aliphatic carbocycles. The lowest BCUT2D eigenvalue weighted by atomic mass is 9.88. The lowest BCUT2D eigenvalue weighted by Gasteiger charge is -2.32. The van der Waals surface area contributed by atoms with Crippen molar-refractivity contribution in [2.75, 3.05) is 39.8 Å². The second-order valence-corrected chi connectivity index (χ2v) is 14.4. The number of nitrogens with two attached hydrogens (primary N) is 1. The molecule has 248 valence electrons. The Morgan fingerprint density at radius 3 is 2.53 bits per heavy atom. The lowest BCUT2D eigenvalue weighted by molar-refractivity contribution is -0.122. The van der Waals surface area contributed by atoms with Gasteiger partial charge in [0.05, 0.1) is 30.4 Å². The third-order valence-electron chi connectivity index (χ3n) is 11.4. The number of fused-ring (bicyclic) bond motifs is 4. The minimum atomic E-state index is 0.0181. The number of rotatable bonds is 9. The fourth-order valence-corrected chi connectivity index (χ4v) is 8.74. The van der Waals surface area contributed by atoms with Crippen molar-refractivity contribution < 1.29 is 14.3 Å². The molecule has 2 aliphatic heterocycles. The highest BCUT2D eigenvalue weighted by Gasteiger charge is 2.47. The summed E-state index contributed by atoms with van der Waals surface area (Å²) in [5.41, 5.74) is 12.5. The highest BCUT2D eigenvalue weighted by Crippen LogP contribution is 2.42. The van der Waals surface area contributed by atoms with Gasteiger partial charge in [0, 0.05) is 49.7 Å². The van der Waals surface area contributed by atoms with Crippen molar-refractivity contribution in [3.8, 4) is 17.3 Å². The average Bonchev–Trinajstić information content (AvgIpc) is 3.46. The van der Waals surface area contributed by atoms with Crippen LogP contribution in [0.25, 0.3) is 33.5 Å². The number of para-hydroxylation sites is 1. The molecule has 2 aromatic carbocycles. The van der Waals surface area contributed by atoms with E-state index in [0.717, 1.165) is 74.4 Å². The Kier molecular flexibility index (Phi) is 7.75. The monoisotopic (exact) mass is 637 g/mol. The van der Waals surface area contributed by atoms with Crippen LogP contribution in [0.1, 0.15) is 67.3 Å². The van der Waals surface area contributed by atoms with Crippen LogP contribution in [0.4, 0.5) is 0 Å². The van der Waals surface area contributed by atoms with Crippen molar-refractivity contribution in [3.05, 3.63) is 47.5 Å². The molecule has 2 bridgehead atoms. The third kappa shape index (κ3) is 5.30. The summed E-state index contributed by atoms with van der Waals surface area (Å²) in [4.78, 5) is 35.5. The van der Waals surface area contributed by atoms with E-state index in [0.29, 0.717) is 42.2 Å². The Morgan fingerprint density at radius 2 is 1.85 bits per heavy atom. The summed E-state index contributed by atoms with van der Waals surface area (Å²) < 4.78 is 10.6. The molecule has 10 heteroatoms. The molecule has 10 nitrogen and oxygen atoms in total. The fraction of sp³-hybridized carbons (Fsp3) is 0.541. The number of amides is 2. The second kappa shape index (κ2) is 12.0. The summed E-state index contributed by atoms with van der Waals surface area (Å²) in [6.45, 7) is 6.65. The van der Waals surface area contributed by atoms with Gasteiger partial charge in [-0.05, 0) is 100 Å². The first-order valence-corrected chi connectivity index (χ1v) is 17.6. The summed E-state index contributed by atoms with van der Waals surface area (Å²) in [7, 11) is 3.72. The third-order valence-corrected chi connectivity index (χ3v) is 11.4. The first-order chi connectivity index (χ1) is 22.8. The Hall–Kier alpha value is -3.89. The van der Waals surface area contributed by atoms with Crippen LogP contribution in [0, 0.1) is 11.8 Å². The number of likely N-dealkylation sites (N-methyl/N-ethyl adjacent to an activating group) is 1. The number of benzene rings is 2.